The molecular formula is C23H20N2O7. The Balaban J connectivity index is 1.29. The summed E-state index contributed by atoms with van der Waals surface area (Å²) in [5, 5.41) is 2.18. The SMILES string of the molecule is O=C1CCC(N2C(=O)c3cc4c(cc3C2=O)OC(COCc2ccccc2)CO4)C(=O)N1. The topological polar surface area (TPSA) is 111 Å². The van der Waals surface area contributed by atoms with Crippen LogP contribution in [-0.4, -0.2) is 53.9 Å². The minimum Gasteiger partial charge on any atom is -0.486 e. The summed E-state index contributed by atoms with van der Waals surface area (Å²) in [5.74, 6) is -1.54. The largest absolute Gasteiger partial charge is 0.486 e. The molecule has 3 aliphatic heterocycles. The average molecular weight is 436 g/mol. The van der Waals surface area contributed by atoms with Crippen LogP contribution in [0, 0.1) is 0 Å². The molecule has 9 nitrogen and oxygen atoms in total. The van der Waals surface area contributed by atoms with Gasteiger partial charge in [-0.2, -0.15) is 0 Å². The Labute approximate surface area is 183 Å². The van der Waals surface area contributed by atoms with Crippen LogP contribution < -0.4 is 14.8 Å². The van der Waals surface area contributed by atoms with Gasteiger partial charge in [-0.05, 0) is 24.1 Å². The second-order valence-corrected chi connectivity index (χ2v) is 7.84. The van der Waals surface area contributed by atoms with Crippen LogP contribution in [0.15, 0.2) is 42.5 Å². The number of ether oxygens (including phenoxy) is 3. The van der Waals surface area contributed by atoms with Crippen molar-refractivity contribution in [3.05, 3.63) is 59.2 Å². The molecule has 1 N–H and O–H groups in total. The van der Waals surface area contributed by atoms with Crippen molar-refractivity contribution in [3.8, 4) is 11.5 Å². The molecule has 0 saturated carbocycles. The molecule has 4 amide bonds. The molecule has 2 aromatic rings. The lowest BCUT2D eigenvalue weighted by molar-refractivity contribution is -0.136. The maximum atomic E-state index is 12.9. The van der Waals surface area contributed by atoms with E-state index in [-0.39, 0.29) is 36.7 Å². The van der Waals surface area contributed by atoms with Crippen LogP contribution in [0.1, 0.15) is 39.1 Å². The average Bonchev–Trinajstić information content (AvgIpc) is 3.03. The predicted molar refractivity (Wildman–Crippen MR) is 109 cm³/mol. The highest BCUT2D eigenvalue weighted by Gasteiger charge is 2.45. The van der Waals surface area contributed by atoms with Crippen molar-refractivity contribution < 1.29 is 33.4 Å². The Hall–Kier alpha value is -3.72. The van der Waals surface area contributed by atoms with Gasteiger partial charge in [0.15, 0.2) is 17.6 Å². The minimum atomic E-state index is -1.02. The van der Waals surface area contributed by atoms with Crippen molar-refractivity contribution in [2.75, 3.05) is 13.2 Å². The lowest BCUT2D eigenvalue weighted by Crippen LogP contribution is -2.54. The third-order valence-corrected chi connectivity index (χ3v) is 5.64. The van der Waals surface area contributed by atoms with Crippen LogP contribution in [0.2, 0.25) is 0 Å². The molecule has 0 aliphatic carbocycles. The minimum absolute atomic E-state index is 0.0667. The summed E-state index contributed by atoms with van der Waals surface area (Å²) in [5.41, 5.74) is 1.34. The smallest absolute Gasteiger partial charge is 0.262 e. The van der Waals surface area contributed by atoms with E-state index >= 15 is 0 Å². The predicted octanol–water partition coefficient (Wildman–Crippen LogP) is 1.44. The molecule has 0 radical (unpaired) electrons. The fraction of sp³-hybridized carbons (Fsp3) is 0.304. The zero-order valence-electron chi connectivity index (χ0n) is 17.0. The Morgan fingerprint density at radius 1 is 1.00 bits per heavy atom. The molecule has 0 bridgehead atoms. The Bertz CT molecular complexity index is 1110. The molecule has 2 aromatic carbocycles. The lowest BCUT2D eigenvalue weighted by atomic mass is 10.0. The summed E-state index contributed by atoms with van der Waals surface area (Å²) in [6.07, 6.45) is -0.205. The number of fused-ring (bicyclic) bond motifs is 2. The number of carbonyl (C=O) groups excluding carboxylic acids is 4. The van der Waals surface area contributed by atoms with E-state index in [1.165, 1.54) is 12.1 Å². The van der Waals surface area contributed by atoms with Gasteiger partial charge in [0.2, 0.25) is 11.8 Å². The third-order valence-electron chi connectivity index (χ3n) is 5.64. The number of benzene rings is 2. The summed E-state index contributed by atoms with van der Waals surface area (Å²) in [6, 6.07) is 11.7. The highest BCUT2D eigenvalue weighted by Crippen LogP contribution is 2.39. The first-order valence-corrected chi connectivity index (χ1v) is 10.3. The van der Waals surface area contributed by atoms with Crippen LogP contribution in [0.5, 0.6) is 11.5 Å². The fourth-order valence-corrected chi connectivity index (χ4v) is 4.04. The van der Waals surface area contributed by atoms with Gasteiger partial charge in [-0.15, -0.1) is 0 Å². The van der Waals surface area contributed by atoms with Gasteiger partial charge in [0.05, 0.1) is 24.3 Å². The second kappa shape index (κ2) is 8.08. The van der Waals surface area contributed by atoms with Gasteiger partial charge in [0.1, 0.15) is 12.6 Å². The fourth-order valence-electron chi connectivity index (χ4n) is 4.04. The van der Waals surface area contributed by atoms with E-state index in [9.17, 15) is 19.2 Å². The first-order valence-electron chi connectivity index (χ1n) is 10.3. The van der Waals surface area contributed by atoms with Gasteiger partial charge in [-0.25, -0.2) is 0 Å². The zero-order valence-corrected chi connectivity index (χ0v) is 17.0. The Morgan fingerprint density at radius 3 is 2.44 bits per heavy atom. The highest BCUT2D eigenvalue weighted by molar-refractivity contribution is 6.23. The van der Waals surface area contributed by atoms with Gasteiger partial charge in [0.25, 0.3) is 11.8 Å². The van der Waals surface area contributed by atoms with Crippen LogP contribution in [0.4, 0.5) is 0 Å². The van der Waals surface area contributed by atoms with E-state index in [4.69, 9.17) is 14.2 Å². The molecule has 3 heterocycles. The first-order chi connectivity index (χ1) is 15.5. The lowest BCUT2D eigenvalue weighted by Gasteiger charge is -2.27. The summed E-state index contributed by atoms with van der Waals surface area (Å²) < 4.78 is 17.4. The van der Waals surface area contributed by atoms with E-state index in [2.05, 4.69) is 5.32 Å². The Morgan fingerprint density at radius 2 is 1.72 bits per heavy atom. The number of carbonyl (C=O) groups is 4. The van der Waals surface area contributed by atoms with Crippen LogP contribution in [0.25, 0.3) is 0 Å². The molecule has 2 unspecified atom stereocenters. The van der Waals surface area contributed by atoms with Gasteiger partial charge >= 0.3 is 0 Å². The summed E-state index contributed by atoms with van der Waals surface area (Å²) in [6.45, 7) is 0.964. The monoisotopic (exact) mass is 436 g/mol. The van der Waals surface area contributed by atoms with Crippen molar-refractivity contribution in [1.82, 2.24) is 10.2 Å². The zero-order chi connectivity index (χ0) is 22.2. The van der Waals surface area contributed by atoms with E-state index in [1.54, 1.807) is 0 Å². The van der Waals surface area contributed by atoms with E-state index < -0.39 is 29.7 Å². The van der Waals surface area contributed by atoms with Crippen molar-refractivity contribution in [2.24, 2.45) is 0 Å². The van der Waals surface area contributed by atoms with Gasteiger partial charge < -0.3 is 14.2 Å². The number of piperidine rings is 1. The van der Waals surface area contributed by atoms with E-state index in [0.717, 1.165) is 10.5 Å². The van der Waals surface area contributed by atoms with Crippen molar-refractivity contribution in [3.63, 3.8) is 0 Å². The van der Waals surface area contributed by atoms with Crippen LogP contribution in [-0.2, 0) is 20.9 Å². The second-order valence-electron chi connectivity index (χ2n) is 7.84. The van der Waals surface area contributed by atoms with Crippen LogP contribution in [0.3, 0.4) is 0 Å². The summed E-state index contributed by atoms with van der Waals surface area (Å²) >= 11 is 0. The van der Waals surface area contributed by atoms with Crippen LogP contribution >= 0.6 is 0 Å². The molecule has 1 fully saturated rings. The maximum Gasteiger partial charge on any atom is 0.262 e. The highest BCUT2D eigenvalue weighted by atomic mass is 16.6. The Kier molecular flexibility index (Phi) is 5.10. The van der Waals surface area contributed by atoms with Crippen molar-refractivity contribution in [2.45, 2.75) is 31.6 Å². The number of amides is 4. The summed E-state index contributed by atoms with van der Waals surface area (Å²) in [7, 11) is 0. The summed E-state index contributed by atoms with van der Waals surface area (Å²) in [4.78, 5) is 50.4. The first kappa shape index (κ1) is 20.2. The molecule has 2 atom stereocenters. The molecular weight excluding hydrogens is 416 g/mol. The van der Waals surface area contributed by atoms with Crippen molar-refractivity contribution in [1.29, 1.82) is 0 Å². The number of imide groups is 2. The number of rotatable bonds is 5. The van der Waals surface area contributed by atoms with E-state index in [0.29, 0.717) is 24.7 Å². The number of hydrogen-bond donors (Lipinski definition) is 1. The van der Waals surface area contributed by atoms with Gasteiger partial charge in [-0.3, -0.25) is 29.4 Å². The van der Waals surface area contributed by atoms with Gasteiger partial charge in [-0.1, -0.05) is 30.3 Å². The molecule has 9 heteroatoms. The molecule has 1 saturated heterocycles. The van der Waals surface area contributed by atoms with Gasteiger partial charge in [0, 0.05) is 6.42 Å². The molecule has 32 heavy (non-hydrogen) atoms. The normalized spacial score (nSPS) is 22.1. The van der Waals surface area contributed by atoms with Crippen molar-refractivity contribution >= 4 is 23.6 Å². The number of nitrogens with one attached hydrogen (secondary N) is 1. The molecule has 0 aromatic heterocycles. The molecule has 5 rings (SSSR count). The third kappa shape index (κ3) is 3.60. The maximum absolute atomic E-state index is 12.9. The molecule has 3 aliphatic rings. The molecule has 164 valence electrons. The molecule has 0 spiro atoms. The number of nitrogens with zero attached hydrogens (tertiary/aromatic N) is 1. The van der Waals surface area contributed by atoms with E-state index in [1.807, 2.05) is 30.3 Å². The number of hydrogen-bond acceptors (Lipinski definition) is 7. The standard InChI is InChI=1S/C23H20N2O7/c26-20-7-6-17(21(27)24-20)25-22(28)15-8-18-19(9-16(15)23(25)29)32-14(12-31-18)11-30-10-13-4-2-1-3-5-13/h1-5,8-9,14,17H,6-7,10-12H2,(H,24,26,27). The quantitative estimate of drug-likeness (QED) is 0.706.